The molecule has 2 saturated heterocycles. The van der Waals surface area contributed by atoms with Crippen LogP contribution in [0.2, 0.25) is 0 Å². The Morgan fingerprint density at radius 1 is 1.25 bits per heavy atom. The number of hydrogen-bond donors (Lipinski definition) is 0. The van der Waals surface area contributed by atoms with Crippen molar-refractivity contribution in [1.29, 1.82) is 0 Å². The van der Waals surface area contributed by atoms with Gasteiger partial charge in [-0.1, -0.05) is 6.07 Å². The Morgan fingerprint density at radius 2 is 2.04 bits per heavy atom. The molecule has 2 atom stereocenters. The van der Waals surface area contributed by atoms with Gasteiger partial charge in [-0.05, 0) is 50.8 Å². The molecule has 0 radical (unpaired) electrons. The molecule has 2 aromatic rings. The predicted octanol–water partition coefficient (Wildman–Crippen LogP) is 2.62. The van der Waals surface area contributed by atoms with Crippen molar-refractivity contribution in [3.8, 4) is 0 Å². The SMILES string of the molecule is CC(=O)N1CCC[C@H]1[C@@H]1CCCN1Cc1cn2cccc(C)c2n1. The minimum absolute atomic E-state index is 0.229. The Morgan fingerprint density at radius 3 is 2.83 bits per heavy atom. The summed E-state index contributed by atoms with van der Waals surface area (Å²) in [5.74, 6) is 0.229. The number of aryl methyl sites for hydroxylation is 1. The highest BCUT2D eigenvalue weighted by Gasteiger charge is 2.38. The van der Waals surface area contributed by atoms with E-state index in [1.807, 2.05) is 0 Å². The molecule has 2 fully saturated rings. The van der Waals surface area contributed by atoms with Gasteiger partial charge in [-0.25, -0.2) is 4.98 Å². The van der Waals surface area contributed by atoms with E-state index in [1.54, 1.807) is 6.92 Å². The molecule has 0 N–H and O–H groups in total. The molecule has 2 aliphatic heterocycles. The van der Waals surface area contributed by atoms with E-state index in [-0.39, 0.29) is 5.91 Å². The van der Waals surface area contributed by atoms with Crippen molar-refractivity contribution in [1.82, 2.24) is 19.2 Å². The zero-order valence-electron chi connectivity index (χ0n) is 14.6. The van der Waals surface area contributed by atoms with Crippen molar-refractivity contribution in [2.75, 3.05) is 13.1 Å². The van der Waals surface area contributed by atoms with E-state index in [0.29, 0.717) is 12.1 Å². The number of pyridine rings is 1. The van der Waals surface area contributed by atoms with Gasteiger partial charge >= 0.3 is 0 Å². The Labute approximate surface area is 143 Å². The summed E-state index contributed by atoms with van der Waals surface area (Å²) in [6, 6.07) is 5.05. The highest BCUT2D eigenvalue weighted by molar-refractivity contribution is 5.74. The van der Waals surface area contributed by atoms with E-state index in [4.69, 9.17) is 4.98 Å². The van der Waals surface area contributed by atoms with Crippen molar-refractivity contribution in [2.45, 2.75) is 58.2 Å². The molecule has 0 spiro atoms. The second kappa shape index (κ2) is 6.20. The number of rotatable bonds is 3. The minimum Gasteiger partial charge on any atom is -0.338 e. The first-order chi connectivity index (χ1) is 11.6. The van der Waals surface area contributed by atoms with Crippen LogP contribution in [0.5, 0.6) is 0 Å². The Balaban J connectivity index is 1.54. The number of amides is 1. The lowest BCUT2D eigenvalue weighted by atomic mass is 10.0. The number of likely N-dealkylation sites (tertiary alicyclic amines) is 2. The lowest BCUT2D eigenvalue weighted by molar-refractivity contribution is -0.130. The van der Waals surface area contributed by atoms with Gasteiger partial charge in [0.1, 0.15) is 5.65 Å². The molecular weight excluding hydrogens is 300 g/mol. The van der Waals surface area contributed by atoms with E-state index < -0.39 is 0 Å². The van der Waals surface area contributed by atoms with Gasteiger partial charge in [-0.15, -0.1) is 0 Å². The van der Waals surface area contributed by atoms with Crippen LogP contribution in [0.4, 0.5) is 0 Å². The molecule has 5 nitrogen and oxygen atoms in total. The monoisotopic (exact) mass is 326 g/mol. The van der Waals surface area contributed by atoms with Crippen LogP contribution in [-0.4, -0.2) is 50.3 Å². The van der Waals surface area contributed by atoms with Crippen LogP contribution in [0.15, 0.2) is 24.5 Å². The zero-order chi connectivity index (χ0) is 16.7. The number of carbonyl (C=O) groups is 1. The Hall–Kier alpha value is -1.88. The summed E-state index contributed by atoms with van der Waals surface area (Å²) in [5.41, 5.74) is 3.39. The Kier molecular flexibility index (Phi) is 4.04. The second-order valence-electron chi connectivity index (χ2n) is 7.26. The van der Waals surface area contributed by atoms with Crippen LogP contribution in [0.25, 0.3) is 5.65 Å². The van der Waals surface area contributed by atoms with Crippen LogP contribution in [0, 0.1) is 6.92 Å². The average molecular weight is 326 g/mol. The van der Waals surface area contributed by atoms with Gasteiger partial charge < -0.3 is 9.30 Å². The van der Waals surface area contributed by atoms with Crippen LogP contribution < -0.4 is 0 Å². The van der Waals surface area contributed by atoms with Crippen LogP contribution in [-0.2, 0) is 11.3 Å². The van der Waals surface area contributed by atoms with Gasteiger partial charge in [-0.3, -0.25) is 9.69 Å². The summed E-state index contributed by atoms with van der Waals surface area (Å²) in [5, 5.41) is 0. The largest absolute Gasteiger partial charge is 0.338 e. The summed E-state index contributed by atoms with van der Waals surface area (Å²) in [6.07, 6.45) is 8.91. The van der Waals surface area contributed by atoms with E-state index in [0.717, 1.165) is 43.8 Å². The molecule has 0 unspecified atom stereocenters. The summed E-state index contributed by atoms with van der Waals surface area (Å²) in [7, 11) is 0. The quantitative estimate of drug-likeness (QED) is 0.870. The maximum absolute atomic E-state index is 11.9. The van der Waals surface area contributed by atoms with Gasteiger partial charge in [-0.2, -0.15) is 0 Å². The van der Waals surface area contributed by atoms with Gasteiger partial charge in [0.2, 0.25) is 5.91 Å². The molecule has 24 heavy (non-hydrogen) atoms. The van der Waals surface area contributed by atoms with Crippen LogP contribution >= 0.6 is 0 Å². The smallest absolute Gasteiger partial charge is 0.219 e. The maximum atomic E-state index is 11.9. The lowest BCUT2D eigenvalue weighted by Crippen LogP contribution is -2.47. The molecule has 5 heteroatoms. The van der Waals surface area contributed by atoms with E-state index in [2.05, 4.69) is 45.7 Å². The normalized spacial score (nSPS) is 25.0. The summed E-state index contributed by atoms with van der Waals surface area (Å²) < 4.78 is 2.12. The van der Waals surface area contributed by atoms with Crippen molar-refractivity contribution in [3.05, 3.63) is 35.8 Å². The molecule has 4 heterocycles. The molecule has 0 aromatic carbocycles. The van der Waals surface area contributed by atoms with Crippen molar-refractivity contribution in [3.63, 3.8) is 0 Å². The fourth-order valence-electron chi connectivity index (χ4n) is 4.56. The van der Waals surface area contributed by atoms with Crippen molar-refractivity contribution in [2.24, 2.45) is 0 Å². The lowest BCUT2D eigenvalue weighted by Gasteiger charge is -2.34. The first-order valence-corrected chi connectivity index (χ1v) is 9.08. The van der Waals surface area contributed by atoms with E-state index >= 15 is 0 Å². The summed E-state index contributed by atoms with van der Waals surface area (Å²) in [4.78, 5) is 21.4. The predicted molar refractivity (Wildman–Crippen MR) is 93.8 cm³/mol. The number of nitrogens with zero attached hydrogens (tertiary/aromatic N) is 4. The highest BCUT2D eigenvalue weighted by atomic mass is 16.2. The van der Waals surface area contributed by atoms with Crippen LogP contribution in [0.3, 0.4) is 0 Å². The highest BCUT2D eigenvalue weighted by Crippen LogP contribution is 2.31. The number of aromatic nitrogens is 2. The molecule has 2 aromatic heterocycles. The van der Waals surface area contributed by atoms with E-state index in [9.17, 15) is 4.79 Å². The minimum atomic E-state index is 0.229. The summed E-state index contributed by atoms with van der Waals surface area (Å²) in [6.45, 7) is 6.74. The molecular formula is C19H26N4O. The summed E-state index contributed by atoms with van der Waals surface area (Å²) >= 11 is 0. The zero-order valence-corrected chi connectivity index (χ0v) is 14.6. The Bertz CT molecular complexity index is 753. The topological polar surface area (TPSA) is 40.9 Å². The van der Waals surface area contributed by atoms with Crippen LogP contribution in [0.1, 0.15) is 43.9 Å². The molecule has 2 aliphatic rings. The standard InChI is InChI=1S/C19H26N4O/c1-14-6-3-10-22-13-16(20-19(14)22)12-21-9-4-7-17(21)18-8-5-11-23(18)15(2)24/h3,6,10,13,17-18H,4-5,7-9,11-12H2,1-2H3/t17-,18-/m0/s1. The van der Waals surface area contributed by atoms with Crippen molar-refractivity contribution >= 4 is 11.6 Å². The van der Waals surface area contributed by atoms with Gasteiger partial charge in [0.05, 0.1) is 5.69 Å². The van der Waals surface area contributed by atoms with Gasteiger partial charge in [0.25, 0.3) is 0 Å². The number of hydrogen-bond acceptors (Lipinski definition) is 3. The van der Waals surface area contributed by atoms with Gasteiger partial charge in [0.15, 0.2) is 0 Å². The first-order valence-electron chi connectivity index (χ1n) is 9.08. The molecule has 0 aliphatic carbocycles. The van der Waals surface area contributed by atoms with Crippen molar-refractivity contribution < 1.29 is 4.79 Å². The number of fused-ring (bicyclic) bond motifs is 1. The van der Waals surface area contributed by atoms with E-state index in [1.165, 1.54) is 18.4 Å². The number of carbonyl (C=O) groups excluding carboxylic acids is 1. The third kappa shape index (κ3) is 2.71. The maximum Gasteiger partial charge on any atom is 0.219 e. The third-order valence-electron chi connectivity index (χ3n) is 5.65. The van der Waals surface area contributed by atoms with Gasteiger partial charge in [0, 0.05) is 44.5 Å². The fourth-order valence-corrected chi connectivity index (χ4v) is 4.56. The molecule has 0 bridgehead atoms. The molecule has 4 rings (SSSR count). The third-order valence-corrected chi connectivity index (χ3v) is 5.65. The second-order valence-corrected chi connectivity index (χ2v) is 7.26. The fraction of sp³-hybridized carbons (Fsp3) is 0.579. The molecule has 1 amide bonds. The number of imidazole rings is 1. The first kappa shape index (κ1) is 15.6. The molecule has 0 saturated carbocycles. The molecule has 128 valence electrons. The average Bonchev–Trinajstić information content (AvgIpc) is 3.25.